The SMILES string of the molecule is CC1=NN(CC(=O)c2ccsc2)C(=O)[C@]1(C)C1CCCCC1. The predicted molar refractivity (Wildman–Crippen MR) is 88.2 cm³/mol. The number of amides is 1. The van der Waals surface area contributed by atoms with E-state index in [4.69, 9.17) is 0 Å². The number of hydrogen-bond donors (Lipinski definition) is 0. The van der Waals surface area contributed by atoms with Gasteiger partial charge in [0.15, 0.2) is 5.78 Å². The van der Waals surface area contributed by atoms with Crippen LogP contribution >= 0.6 is 11.3 Å². The smallest absolute Gasteiger partial charge is 0.255 e. The van der Waals surface area contributed by atoms with Gasteiger partial charge in [0, 0.05) is 10.9 Å². The lowest BCUT2D eigenvalue weighted by Gasteiger charge is -2.35. The maximum absolute atomic E-state index is 12.9. The number of Topliss-reactive ketones (excluding diaryl/α,β-unsaturated/α-hetero) is 1. The molecule has 1 aliphatic carbocycles. The highest BCUT2D eigenvalue weighted by molar-refractivity contribution is 7.08. The molecule has 0 N–H and O–H groups in total. The standard InChI is InChI=1S/C17H22N2O2S/c1-12-17(2,14-6-4-3-5-7-14)16(21)19(18-12)10-15(20)13-8-9-22-11-13/h8-9,11,14H,3-7,10H2,1-2H3/t17-/m0/s1. The minimum Gasteiger partial charge on any atom is -0.292 e. The highest BCUT2D eigenvalue weighted by Gasteiger charge is 2.50. The highest BCUT2D eigenvalue weighted by Crippen LogP contribution is 2.43. The fourth-order valence-electron chi connectivity index (χ4n) is 3.66. The van der Waals surface area contributed by atoms with Gasteiger partial charge in [0.05, 0.1) is 11.1 Å². The molecular weight excluding hydrogens is 296 g/mol. The van der Waals surface area contributed by atoms with Crippen LogP contribution in [0.1, 0.15) is 56.3 Å². The summed E-state index contributed by atoms with van der Waals surface area (Å²) in [5.74, 6) is 0.318. The lowest BCUT2D eigenvalue weighted by molar-refractivity contribution is -0.137. The first kappa shape index (κ1) is 15.4. The van der Waals surface area contributed by atoms with Gasteiger partial charge in [0.2, 0.25) is 0 Å². The predicted octanol–water partition coefficient (Wildman–Crippen LogP) is 3.74. The van der Waals surface area contributed by atoms with Crippen LogP contribution in [0.15, 0.2) is 21.9 Å². The van der Waals surface area contributed by atoms with Crippen LogP contribution in [0.4, 0.5) is 0 Å². The lowest BCUT2D eigenvalue weighted by Crippen LogP contribution is -2.44. The van der Waals surface area contributed by atoms with Crippen molar-refractivity contribution < 1.29 is 9.59 Å². The van der Waals surface area contributed by atoms with E-state index in [1.807, 2.05) is 24.6 Å². The summed E-state index contributed by atoms with van der Waals surface area (Å²) in [7, 11) is 0. The molecule has 0 bridgehead atoms. The molecule has 1 atom stereocenters. The van der Waals surface area contributed by atoms with Crippen molar-refractivity contribution in [1.82, 2.24) is 5.01 Å². The van der Waals surface area contributed by atoms with Crippen LogP contribution in [0.25, 0.3) is 0 Å². The Kier molecular flexibility index (Phi) is 4.17. The van der Waals surface area contributed by atoms with Crippen LogP contribution in [0.3, 0.4) is 0 Å². The van der Waals surface area contributed by atoms with Crippen LogP contribution in [0, 0.1) is 11.3 Å². The number of hydrazone groups is 1. The average Bonchev–Trinajstić information content (AvgIpc) is 3.13. The quantitative estimate of drug-likeness (QED) is 0.794. The van der Waals surface area contributed by atoms with E-state index in [1.165, 1.54) is 35.6 Å². The molecule has 4 nitrogen and oxygen atoms in total. The average molecular weight is 318 g/mol. The molecule has 2 aliphatic rings. The van der Waals surface area contributed by atoms with E-state index >= 15 is 0 Å². The Morgan fingerprint density at radius 1 is 1.41 bits per heavy atom. The Balaban J connectivity index is 1.76. The van der Waals surface area contributed by atoms with Gasteiger partial charge in [-0.1, -0.05) is 19.3 Å². The van der Waals surface area contributed by atoms with Gasteiger partial charge in [0.25, 0.3) is 5.91 Å². The highest BCUT2D eigenvalue weighted by atomic mass is 32.1. The molecule has 5 heteroatoms. The van der Waals surface area contributed by atoms with E-state index in [9.17, 15) is 9.59 Å². The summed E-state index contributed by atoms with van der Waals surface area (Å²) in [6.07, 6.45) is 5.81. The Morgan fingerprint density at radius 2 is 2.14 bits per heavy atom. The molecule has 1 amide bonds. The third-order valence-corrected chi connectivity index (χ3v) is 5.94. The number of ketones is 1. The van der Waals surface area contributed by atoms with Crippen molar-refractivity contribution in [2.75, 3.05) is 6.54 Å². The largest absolute Gasteiger partial charge is 0.292 e. The van der Waals surface area contributed by atoms with E-state index in [0.717, 1.165) is 18.6 Å². The van der Waals surface area contributed by atoms with Crippen LogP contribution in [0.5, 0.6) is 0 Å². The number of nitrogens with zero attached hydrogens (tertiary/aromatic N) is 2. The molecule has 0 spiro atoms. The molecule has 1 fully saturated rings. The van der Waals surface area contributed by atoms with Crippen molar-refractivity contribution >= 4 is 28.7 Å². The molecule has 1 aliphatic heterocycles. The van der Waals surface area contributed by atoms with Crippen molar-refractivity contribution in [3.63, 3.8) is 0 Å². The van der Waals surface area contributed by atoms with Crippen molar-refractivity contribution in [1.29, 1.82) is 0 Å². The fraction of sp³-hybridized carbons (Fsp3) is 0.588. The molecule has 1 aromatic heterocycles. The Bertz CT molecular complexity index is 602. The van der Waals surface area contributed by atoms with Gasteiger partial charge >= 0.3 is 0 Å². The van der Waals surface area contributed by atoms with E-state index < -0.39 is 5.41 Å². The van der Waals surface area contributed by atoms with Gasteiger partial charge in [-0.15, -0.1) is 0 Å². The van der Waals surface area contributed by atoms with Crippen molar-refractivity contribution in [3.8, 4) is 0 Å². The second-order valence-electron chi connectivity index (χ2n) is 6.52. The molecule has 0 saturated heterocycles. The normalized spacial score (nSPS) is 26.4. The number of carbonyl (C=O) groups excluding carboxylic acids is 2. The van der Waals surface area contributed by atoms with Gasteiger partial charge in [-0.25, -0.2) is 5.01 Å². The number of carbonyl (C=O) groups is 2. The van der Waals surface area contributed by atoms with Crippen molar-refractivity contribution in [2.45, 2.75) is 46.0 Å². The topological polar surface area (TPSA) is 49.7 Å². The molecule has 2 heterocycles. The van der Waals surface area contributed by atoms with Crippen molar-refractivity contribution in [2.24, 2.45) is 16.4 Å². The first-order chi connectivity index (χ1) is 10.5. The van der Waals surface area contributed by atoms with Crippen molar-refractivity contribution in [3.05, 3.63) is 22.4 Å². The number of rotatable bonds is 4. The first-order valence-electron chi connectivity index (χ1n) is 7.96. The third kappa shape index (κ3) is 2.51. The van der Waals surface area contributed by atoms with E-state index in [-0.39, 0.29) is 18.2 Å². The first-order valence-corrected chi connectivity index (χ1v) is 8.91. The summed E-state index contributed by atoms with van der Waals surface area (Å²) in [5.41, 5.74) is 1.01. The summed E-state index contributed by atoms with van der Waals surface area (Å²) in [6, 6.07) is 1.80. The molecule has 118 valence electrons. The zero-order chi connectivity index (χ0) is 15.7. The molecule has 0 aromatic carbocycles. The lowest BCUT2D eigenvalue weighted by atomic mass is 9.67. The Hall–Kier alpha value is -1.49. The van der Waals surface area contributed by atoms with Crippen LogP contribution in [0.2, 0.25) is 0 Å². The monoisotopic (exact) mass is 318 g/mol. The summed E-state index contributed by atoms with van der Waals surface area (Å²) >= 11 is 1.49. The fourth-order valence-corrected chi connectivity index (χ4v) is 4.32. The molecule has 22 heavy (non-hydrogen) atoms. The van der Waals surface area contributed by atoms with Gasteiger partial charge in [-0.2, -0.15) is 16.4 Å². The minimum atomic E-state index is -0.519. The molecule has 1 aromatic rings. The summed E-state index contributed by atoms with van der Waals surface area (Å²) < 4.78 is 0. The van der Waals surface area contributed by atoms with E-state index in [2.05, 4.69) is 5.10 Å². The summed E-state index contributed by atoms with van der Waals surface area (Å²) in [5, 5.41) is 9.52. The van der Waals surface area contributed by atoms with E-state index in [1.54, 1.807) is 6.07 Å². The van der Waals surface area contributed by atoms with Crippen LogP contribution < -0.4 is 0 Å². The molecule has 0 unspecified atom stereocenters. The van der Waals surface area contributed by atoms with Gasteiger partial charge in [-0.05, 0) is 44.1 Å². The maximum atomic E-state index is 12.9. The van der Waals surface area contributed by atoms with Gasteiger partial charge in [0.1, 0.15) is 6.54 Å². The maximum Gasteiger partial charge on any atom is 0.255 e. The zero-order valence-electron chi connectivity index (χ0n) is 13.2. The summed E-state index contributed by atoms with van der Waals surface area (Å²) in [6.45, 7) is 4.00. The van der Waals surface area contributed by atoms with Gasteiger partial charge in [-0.3, -0.25) is 9.59 Å². The second-order valence-corrected chi connectivity index (χ2v) is 7.30. The molecule has 0 radical (unpaired) electrons. The van der Waals surface area contributed by atoms with Crippen LogP contribution in [-0.4, -0.2) is 29.0 Å². The molecule has 3 rings (SSSR count). The number of hydrogen-bond acceptors (Lipinski definition) is 4. The van der Waals surface area contributed by atoms with Crippen LogP contribution in [-0.2, 0) is 4.79 Å². The number of thiophene rings is 1. The van der Waals surface area contributed by atoms with E-state index in [0.29, 0.717) is 11.5 Å². The Labute approximate surface area is 135 Å². The minimum absolute atomic E-state index is 0.000444. The summed E-state index contributed by atoms with van der Waals surface area (Å²) in [4.78, 5) is 25.1. The Morgan fingerprint density at radius 3 is 2.77 bits per heavy atom. The third-order valence-electron chi connectivity index (χ3n) is 5.26. The molecule has 1 saturated carbocycles. The molecular formula is C17H22N2O2S. The second kappa shape index (κ2) is 5.95. The zero-order valence-corrected chi connectivity index (χ0v) is 14.0. The van der Waals surface area contributed by atoms with Gasteiger partial charge < -0.3 is 0 Å².